The zero-order valence-corrected chi connectivity index (χ0v) is 13.1. The molecule has 2 N–H and O–H groups in total. The molecule has 0 aromatic heterocycles. The number of hydrogen-bond acceptors (Lipinski definition) is 5. The standard InChI is InChI=1S/C16H19N3O4/c1-11(20)18-13-7-5-6-12(10-13)15(21)19-14(16(22)23-2)8-3-4-9-17/h5-7,10,14H,3-4,8H2,1-2H3,(H,18,20)(H,19,21)/t14-/m0/s1. The van der Waals surface area contributed by atoms with Crippen LogP contribution in [0, 0.1) is 11.3 Å². The Bertz CT molecular complexity index is 622. The molecule has 1 rings (SSSR count). The normalized spacial score (nSPS) is 11.0. The number of carbonyl (C=O) groups excluding carboxylic acids is 3. The molecular formula is C16H19N3O4. The topological polar surface area (TPSA) is 108 Å². The highest BCUT2D eigenvalue weighted by Gasteiger charge is 2.21. The first-order valence-electron chi connectivity index (χ1n) is 7.11. The number of methoxy groups -OCH3 is 1. The Morgan fingerprint density at radius 1 is 1.35 bits per heavy atom. The molecule has 122 valence electrons. The molecule has 0 heterocycles. The van der Waals surface area contributed by atoms with Crippen molar-refractivity contribution in [1.82, 2.24) is 5.32 Å². The molecule has 0 aliphatic rings. The number of benzene rings is 1. The summed E-state index contributed by atoms with van der Waals surface area (Å²) in [7, 11) is 1.24. The van der Waals surface area contributed by atoms with Gasteiger partial charge in [-0.2, -0.15) is 5.26 Å². The molecule has 2 amide bonds. The van der Waals surface area contributed by atoms with Crippen molar-refractivity contribution in [3.05, 3.63) is 29.8 Å². The molecule has 0 fully saturated rings. The van der Waals surface area contributed by atoms with Gasteiger partial charge in [-0.25, -0.2) is 4.79 Å². The van der Waals surface area contributed by atoms with Crippen molar-refractivity contribution in [2.24, 2.45) is 0 Å². The summed E-state index contributed by atoms with van der Waals surface area (Å²) in [6, 6.07) is 7.54. The van der Waals surface area contributed by atoms with Crippen molar-refractivity contribution >= 4 is 23.5 Å². The first-order chi connectivity index (χ1) is 11.0. The predicted molar refractivity (Wildman–Crippen MR) is 83.5 cm³/mol. The summed E-state index contributed by atoms with van der Waals surface area (Å²) in [5, 5.41) is 13.7. The number of nitrogens with one attached hydrogen (secondary N) is 2. The summed E-state index contributed by atoms with van der Waals surface area (Å²) in [6.45, 7) is 1.37. The first kappa shape index (κ1) is 18.2. The summed E-state index contributed by atoms with van der Waals surface area (Å²) in [6.07, 6.45) is 1.08. The van der Waals surface area contributed by atoms with Crippen LogP contribution >= 0.6 is 0 Å². The number of hydrogen-bond donors (Lipinski definition) is 2. The van der Waals surface area contributed by atoms with Crippen molar-refractivity contribution in [2.75, 3.05) is 12.4 Å². The van der Waals surface area contributed by atoms with Crippen LogP contribution in [0.3, 0.4) is 0 Å². The third-order valence-electron chi connectivity index (χ3n) is 3.02. The second-order valence-corrected chi connectivity index (χ2v) is 4.86. The zero-order valence-electron chi connectivity index (χ0n) is 13.1. The van der Waals surface area contributed by atoms with Crippen molar-refractivity contribution in [3.63, 3.8) is 0 Å². The molecule has 0 unspecified atom stereocenters. The maximum atomic E-state index is 12.2. The maximum absolute atomic E-state index is 12.2. The summed E-state index contributed by atoms with van der Waals surface area (Å²) < 4.78 is 4.66. The van der Waals surface area contributed by atoms with Gasteiger partial charge in [0.05, 0.1) is 13.2 Å². The minimum Gasteiger partial charge on any atom is -0.467 e. The highest BCUT2D eigenvalue weighted by Crippen LogP contribution is 2.11. The summed E-state index contributed by atoms with van der Waals surface area (Å²) in [4.78, 5) is 35.0. The Kier molecular flexibility index (Phi) is 7.27. The van der Waals surface area contributed by atoms with Gasteiger partial charge in [-0.05, 0) is 31.0 Å². The Hall–Kier alpha value is -2.88. The van der Waals surface area contributed by atoms with Crippen LogP contribution in [-0.2, 0) is 14.3 Å². The van der Waals surface area contributed by atoms with Crippen molar-refractivity contribution in [2.45, 2.75) is 32.2 Å². The molecule has 0 bridgehead atoms. The first-order valence-corrected chi connectivity index (χ1v) is 7.11. The van der Waals surface area contributed by atoms with Crippen LogP contribution < -0.4 is 10.6 Å². The van der Waals surface area contributed by atoms with Gasteiger partial charge in [0, 0.05) is 24.6 Å². The van der Waals surface area contributed by atoms with Crippen LogP contribution in [0.1, 0.15) is 36.5 Å². The lowest BCUT2D eigenvalue weighted by Gasteiger charge is -2.16. The van der Waals surface area contributed by atoms with Gasteiger partial charge in [0.1, 0.15) is 6.04 Å². The minimum atomic E-state index is -0.815. The molecule has 1 aromatic carbocycles. The smallest absolute Gasteiger partial charge is 0.328 e. The van der Waals surface area contributed by atoms with E-state index in [4.69, 9.17) is 5.26 Å². The fourth-order valence-electron chi connectivity index (χ4n) is 1.96. The number of nitrogens with zero attached hydrogens (tertiary/aromatic N) is 1. The average Bonchev–Trinajstić information content (AvgIpc) is 2.52. The van der Waals surface area contributed by atoms with Gasteiger partial charge in [-0.1, -0.05) is 6.07 Å². The number of amides is 2. The molecular weight excluding hydrogens is 298 g/mol. The predicted octanol–water partition coefficient (Wildman–Crippen LogP) is 1.61. The van der Waals surface area contributed by atoms with E-state index in [1.807, 2.05) is 6.07 Å². The van der Waals surface area contributed by atoms with Crippen molar-refractivity contribution in [1.29, 1.82) is 5.26 Å². The van der Waals surface area contributed by atoms with E-state index in [0.717, 1.165) is 0 Å². The average molecular weight is 317 g/mol. The van der Waals surface area contributed by atoms with E-state index in [1.165, 1.54) is 20.1 Å². The third kappa shape index (κ3) is 6.18. The van der Waals surface area contributed by atoms with Crippen LogP contribution in [0.15, 0.2) is 24.3 Å². The maximum Gasteiger partial charge on any atom is 0.328 e. The van der Waals surface area contributed by atoms with Crippen LogP contribution in [-0.4, -0.2) is 30.9 Å². The number of esters is 1. The van der Waals surface area contributed by atoms with E-state index in [0.29, 0.717) is 30.5 Å². The SMILES string of the molecule is COC(=O)[C@H](CCCC#N)NC(=O)c1cccc(NC(C)=O)c1. The van der Waals surface area contributed by atoms with Crippen LogP contribution in [0.25, 0.3) is 0 Å². The van der Waals surface area contributed by atoms with Gasteiger partial charge in [-0.15, -0.1) is 0 Å². The number of carbonyl (C=O) groups is 3. The van der Waals surface area contributed by atoms with Crippen LogP contribution in [0.5, 0.6) is 0 Å². The lowest BCUT2D eigenvalue weighted by Crippen LogP contribution is -2.41. The number of unbranched alkanes of at least 4 members (excludes halogenated alkanes) is 1. The van der Waals surface area contributed by atoms with Gasteiger partial charge >= 0.3 is 5.97 Å². The van der Waals surface area contributed by atoms with Gasteiger partial charge in [0.25, 0.3) is 5.91 Å². The van der Waals surface area contributed by atoms with Crippen LogP contribution in [0.4, 0.5) is 5.69 Å². The van der Waals surface area contributed by atoms with Crippen molar-refractivity contribution < 1.29 is 19.1 Å². The molecule has 0 aliphatic heterocycles. The molecule has 1 aromatic rings. The molecule has 7 nitrogen and oxygen atoms in total. The van der Waals surface area contributed by atoms with Crippen molar-refractivity contribution in [3.8, 4) is 6.07 Å². The lowest BCUT2D eigenvalue weighted by molar-refractivity contribution is -0.143. The summed E-state index contributed by atoms with van der Waals surface area (Å²) in [5.41, 5.74) is 0.801. The largest absolute Gasteiger partial charge is 0.467 e. The molecule has 0 radical (unpaired) electrons. The Labute approximate surface area is 134 Å². The van der Waals surface area contributed by atoms with Gasteiger partial charge in [-0.3, -0.25) is 9.59 Å². The van der Waals surface area contributed by atoms with Gasteiger partial charge < -0.3 is 15.4 Å². The molecule has 1 atom stereocenters. The Morgan fingerprint density at radius 3 is 2.70 bits per heavy atom. The molecule has 23 heavy (non-hydrogen) atoms. The lowest BCUT2D eigenvalue weighted by atomic mass is 10.1. The van der Waals surface area contributed by atoms with E-state index in [9.17, 15) is 14.4 Å². The fourth-order valence-corrected chi connectivity index (χ4v) is 1.96. The molecule has 0 saturated heterocycles. The number of anilines is 1. The molecule has 7 heteroatoms. The molecule has 0 spiro atoms. The molecule has 0 saturated carbocycles. The van der Waals surface area contributed by atoms with E-state index >= 15 is 0 Å². The Balaban J connectivity index is 2.79. The van der Waals surface area contributed by atoms with E-state index in [-0.39, 0.29) is 5.91 Å². The Morgan fingerprint density at radius 2 is 2.09 bits per heavy atom. The number of rotatable bonds is 7. The second kappa shape index (κ2) is 9.20. The second-order valence-electron chi connectivity index (χ2n) is 4.86. The summed E-state index contributed by atoms with van der Waals surface area (Å²) >= 11 is 0. The van der Waals surface area contributed by atoms with E-state index in [1.54, 1.807) is 18.2 Å². The third-order valence-corrected chi connectivity index (χ3v) is 3.02. The number of ether oxygens (including phenoxy) is 1. The van der Waals surface area contributed by atoms with Gasteiger partial charge in [0.2, 0.25) is 5.91 Å². The zero-order chi connectivity index (χ0) is 17.2. The highest BCUT2D eigenvalue weighted by atomic mass is 16.5. The van der Waals surface area contributed by atoms with E-state index < -0.39 is 17.9 Å². The van der Waals surface area contributed by atoms with Gasteiger partial charge in [0.15, 0.2) is 0 Å². The monoisotopic (exact) mass is 317 g/mol. The summed E-state index contributed by atoms with van der Waals surface area (Å²) in [5.74, 6) is -1.26. The molecule has 0 aliphatic carbocycles. The number of nitriles is 1. The van der Waals surface area contributed by atoms with E-state index in [2.05, 4.69) is 15.4 Å². The quantitative estimate of drug-likeness (QED) is 0.586. The minimum absolute atomic E-state index is 0.244. The van der Waals surface area contributed by atoms with Crippen LogP contribution in [0.2, 0.25) is 0 Å². The highest BCUT2D eigenvalue weighted by molar-refractivity contribution is 5.98. The fraction of sp³-hybridized carbons (Fsp3) is 0.375.